The molecule has 5 fully saturated rings. The number of aromatic nitrogens is 1. The lowest BCUT2D eigenvalue weighted by Gasteiger charge is -2.66. The second-order valence-corrected chi connectivity index (χ2v) is 14.2. The second-order valence-electron chi connectivity index (χ2n) is 14.2. The van der Waals surface area contributed by atoms with Gasteiger partial charge in [-0.15, -0.1) is 0 Å². The molecule has 1 aromatic carbocycles. The van der Waals surface area contributed by atoms with Gasteiger partial charge in [-0.2, -0.15) is 0 Å². The average Bonchev–Trinajstić information content (AvgIpc) is 3.43. The van der Waals surface area contributed by atoms with Crippen LogP contribution in [0.15, 0.2) is 35.9 Å². The summed E-state index contributed by atoms with van der Waals surface area (Å²) in [5.74, 6) is 0.501. The Morgan fingerprint density at radius 1 is 1.00 bits per heavy atom. The van der Waals surface area contributed by atoms with Crippen LogP contribution in [-0.2, 0) is 30.8 Å². The van der Waals surface area contributed by atoms with E-state index in [9.17, 15) is 5.11 Å². The number of allylic oxidation sites excluding steroid dienone is 1. The fraction of sp³-hybridized carbons (Fsp3) is 0.688. The molecule has 2 saturated carbocycles. The Balaban J connectivity index is 1.22. The number of ether oxygens (including phenoxy) is 4. The van der Waals surface area contributed by atoms with Gasteiger partial charge in [-0.1, -0.05) is 37.6 Å². The minimum absolute atomic E-state index is 0.165. The molecule has 2 N–H and O–H groups in total. The van der Waals surface area contributed by atoms with Crippen LogP contribution >= 0.6 is 0 Å². The Kier molecular flexibility index (Phi) is 4.53. The van der Waals surface area contributed by atoms with E-state index in [2.05, 4.69) is 70.8 Å². The van der Waals surface area contributed by atoms with Crippen molar-refractivity contribution in [2.24, 2.45) is 11.3 Å². The van der Waals surface area contributed by atoms with Gasteiger partial charge in [0.1, 0.15) is 23.9 Å². The summed E-state index contributed by atoms with van der Waals surface area (Å²) in [6.07, 6.45) is 5.25. The topological polar surface area (TPSA) is 76.2 Å². The lowest BCUT2D eigenvalue weighted by atomic mass is 9.40. The highest BCUT2D eigenvalue weighted by Gasteiger charge is 2.87. The largest absolute Gasteiger partial charge is 0.386 e. The van der Waals surface area contributed by atoms with E-state index in [0.29, 0.717) is 5.92 Å². The van der Waals surface area contributed by atoms with E-state index in [1.165, 1.54) is 22.2 Å². The predicted molar refractivity (Wildman–Crippen MR) is 144 cm³/mol. The fourth-order valence-electron chi connectivity index (χ4n) is 9.97. The number of epoxide rings is 1. The van der Waals surface area contributed by atoms with Crippen LogP contribution in [0.5, 0.6) is 0 Å². The highest BCUT2D eigenvalue weighted by molar-refractivity contribution is 5.86. The number of aliphatic hydroxyl groups is 1. The van der Waals surface area contributed by atoms with Gasteiger partial charge in [0.2, 0.25) is 0 Å². The number of rotatable bonds is 1. The molecule has 6 aliphatic rings. The first-order chi connectivity index (χ1) is 18.0. The van der Waals surface area contributed by atoms with Crippen molar-refractivity contribution in [3.8, 4) is 0 Å². The van der Waals surface area contributed by atoms with Crippen LogP contribution in [0, 0.1) is 11.3 Å². The van der Waals surface area contributed by atoms with Crippen molar-refractivity contribution in [2.75, 3.05) is 0 Å². The molecule has 204 valence electrons. The van der Waals surface area contributed by atoms with Gasteiger partial charge in [0.15, 0.2) is 11.9 Å². The number of nitrogens with one attached hydrogen (secondary N) is 1. The summed E-state index contributed by atoms with van der Waals surface area (Å²) in [5.41, 5.74) is 2.31. The van der Waals surface area contributed by atoms with Crippen LogP contribution in [0.2, 0.25) is 0 Å². The van der Waals surface area contributed by atoms with Crippen LogP contribution in [0.25, 0.3) is 10.9 Å². The van der Waals surface area contributed by atoms with Crippen molar-refractivity contribution in [3.63, 3.8) is 0 Å². The minimum Gasteiger partial charge on any atom is -0.386 e. The first-order valence-corrected chi connectivity index (χ1v) is 14.6. The Morgan fingerprint density at radius 2 is 1.79 bits per heavy atom. The molecule has 1 unspecified atom stereocenters. The Hall–Kier alpha value is -1.70. The van der Waals surface area contributed by atoms with Crippen molar-refractivity contribution < 1.29 is 24.1 Å². The maximum Gasteiger partial charge on any atom is 0.178 e. The Bertz CT molecular complexity index is 1380. The number of aromatic amines is 1. The molecular weight excluding hydrogens is 478 g/mol. The standard InChI is InChI=1S/C32H41NO5/c1-17(2)15-23-36-24-26(28(3,4)37-23)35-22-12-13-29(5)30(6)18(11-14-31(29,34)32(22)27(24)38-32)16-20-19-9-7-8-10-21(19)33-25(20)30/h7-10,15,18,22-24,26-27,33-34H,11-14,16H2,1-6H3/t18-,22-,23-,24+,26-,27+,29?,30+,31-,32-/m0/s1. The molecule has 10 atom stereocenters. The molecule has 6 heteroatoms. The number of benzene rings is 1. The lowest BCUT2D eigenvalue weighted by molar-refractivity contribution is -0.343. The second kappa shape index (κ2) is 7.13. The summed E-state index contributed by atoms with van der Waals surface area (Å²) in [6, 6.07) is 8.67. The van der Waals surface area contributed by atoms with E-state index in [4.69, 9.17) is 18.9 Å². The molecular formula is C32H41NO5. The van der Waals surface area contributed by atoms with Gasteiger partial charge >= 0.3 is 0 Å². The van der Waals surface area contributed by atoms with Crippen LogP contribution < -0.4 is 0 Å². The quantitative estimate of drug-likeness (QED) is 0.394. The van der Waals surface area contributed by atoms with E-state index in [-0.39, 0.29) is 35.2 Å². The fourth-order valence-corrected chi connectivity index (χ4v) is 9.97. The summed E-state index contributed by atoms with van der Waals surface area (Å²) < 4.78 is 26.5. The Morgan fingerprint density at radius 3 is 2.58 bits per heavy atom. The van der Waals surface area contributed by atoms with Crippen LogP contribution in [0.1, 0.15) is 78.5 Å². The van der Waals surface area contributed by atoms with Crippen molar-refractivity contribution >= 4 is 10.9 Å². The van der Waals surface area contributed by atoms with Gasteiger partial charge in [-0.25, -0.2) is 0 Å². The zero-order valence-electron chi connectivity index (χ0n) is 23.5. The SMILES string of the molecule is CC(C)=C[C@H]1O[C@H]2[C@H]3O[C@@]34[C@H](CCC3(C)[C@@]5(C)c6[nH]c7ccccc7c6C[C@@H]5CC[C@]34O)O[C@@H]2C(C)(C)O1. The smallest absolute Gasteiger partial charge is 0.178 e. The van der Waals surface area contributed by atoms with Gasteiger partial charge in [0.05, 0.1) is 11.7 Å². The third-order valence-corrected chi connectivity index (χ3v) is 12.0. The molecule has 6 nitrogen and oxygen atoms in total. The van der Waals surface area contributed by atoms with Crippen molar-refractivity contribution in [1.82, 2.24) is 4.98 Å². The van der Waals surface area contributed by atoms with Crippen LogP contribution in [0.3, 0.4) is 0 Å². The zero-order valence-corrected chi connectivity index (χ0v) is 23.5. The Labute approximate surface area is 225 Å². The van der Waals surface area contributed by atoms with Crippen molar-refractivity contribution in [2.45, 2.75) is 127 Å². The molecule has 3 aliphatic carbocycles. The molecule has 3 aliphatic heterocycles. The summed E-state index contributed by atoms with van der Waals surface area (Å²) in [4.78, 5) is 3.84. The number of fused-ring (bicyclic) bond motifs is 9. The van der Waals surface area contributed by atoms with Crippen LogP contribution in [0.4, 0.5) is 0 Å². The molecule has 2 aromatic rings. The first-order valence-electron chi connectivity index (χ1n) is 14.6. The van der Waals surface area contributed by atoms with Gasteiger partial charge in [-0.3, -0.25) is 0 Å². The molecule has 0 radical (unpaired) electrons. The molecule has 0 bridgehead atoms. The minimum atomic E-state index is -1.01. The van der Waals surface area contributed by atoms with Crippen LogP contribution in [-0.4, -0.2) is 57.6 Å². The molecule has 0 amide bonds. The molecule has 1 aromatic heterocycles. The molecule has 1 spiro atoms. The molecule has 38 heavy (non-hydrogen) atoms. The maximum absolute atomic E-state index is 13.1. The highest BCUT2D eigenvalue weighted by Crippen LogP contribution is 2.75. The lowest BCUT2D eigenvalue weighted by Crippen LogP contribution is -2.77. The molecule has 4 heterocycles. The number of hydrogen-bond donors (Lipinski definition) is 2. The van der Waals surface area contributed by atoms with E-state index in [1.54, 1.807) is 0 Å². The normalized spacial score (nSPS) is 49.7. The van der Waals surface area contributed by atoms with Crippen molar-refractivity contribution in [3.05, 3.63) is 47.2 Å². The highest BCUT2D eigenvalue weighted by atomic mass is 16.8. The van der Waals surface area contributed by atoms with E-state index in [0.717, 1.165) is 37.7 Å². The first kappa shape index (κ1) is 24.1. The van der Waals surface area contributed by atoms with E-state index >= 15 is 0 Å². The summed E-state index contributed by atoms with van der Waals surface area (Å²) in [6.45, 7) is 13.1. The number of H-pyrrole nitrogens is 1. The predicted octanol–water partition coefficient (Wildman–Crippen LogP) is 5.31. The van der Waals surface area contributed by atoms with E-state index < -0.39 is 23.1 Å². The number of para-hydroxylation sites is 1. The third kappa shape index (κ3) is 2.54. The van der Waals surface area contributed by atoms with E-state index in [1.807, 2.05) is 6.08 Å². The summed E-state index contributed by atoms with van der Waals surface area (Å²) in [7, 11) is 0. The summed E-state index contributed by atoms with van der Waals surface area (Å²) >= 11 is 0. The maximum atomic E-state index is 13.1. The van der Waals surface area contributed by atoms with Gasteiger partial charge < -0.3 is 29.0 Å². The number of hydrogen-bond acceptors (Lipinski definition) is 5. The molecule has 3 saturated heterocycles. The van der Waals surface area contributed by atoms with Gasteiger partial charge in [-0.05, 0) is 83.4 Å². The third-order valence-electron chi connectivity index (χ3n) is 12.0. The van der Waals surface area contributed by atoms with Crippen molar-refractivity contribution in [1.29, 1.82) is 0 Å². The van der Waals surface area contributed by atoms with Gasteiger partial charge in [0, 0.05) is 27.4 Å². The monoisotopic (exact) mass is 519 g/mol. The van der Waals surface area contributed by atoms with Gasteiger partial charge in [0.25, 0.3) is 0 Å². The summed E-state index contributed by atoms with van der Waals surface area (Å²) in [5, 5.41) is 14.4. The molecule has 8 rings (SSSR count). The zero-order chi connectivity index (χ0) is 26.5. The average molecular weight is 520 g/mol.